The van der Waals surface area contributed by atoms with Gasteiger partial charge in [-0.25, -0.2) is 9.18 Å². The van der Waals surface area contributed by atoms with Crippen LogP contribution in [0.1, 0.15) is 18.8 Å². The summed E-state index contributed by atoms with van der Waals surface area (Å²) in [5.41, 5.74) is 2.66. The lowest BCUT2D eigenvalue weighted by Gasteiger charge is -2.27. The molecule has 5 N–H and O–H groups in total. The maximum Gasteiger partial charge on any atom is 0.351 e. The van der Waals surface area contributed by atoms with Crippen LogP contribution in [0.25, 0.3) is 0 Å². The lowest BCUT2D eigenvalue weighted by atomic mass is 9.92. The smallest absolute Gasteiger partial charge is 0.351 e. The molecule has 9 heteroatoms. The second-order valence-electron chi connectivity index (χ2n) is 5.37. The Morgan fingerprint density at radius 3 is 2.83 bits per heavy atom. The molecule has 0 amide bonds. The number of nitrogen functional groups attached to an aromatic ring is 1. The lowest BCUT2D eigenvalue weighted by Crippen LogP contribution is -2.49. The first kappa shape index (κ1) is 17.4. The third kappa shape index (κ3) is 2.94. The number of nitrogens with two attached hydrogens (primary N) is 1. The topological polar surface area (TPSA) is 131 Å². The van der Waals surface area contributed by atoms with Crippen molar-refractivity contribution in [3.8, 4) is 11.8 Å². The Hall–Kier alpha value is -1.99. The number of halogens is 1. The highest BCUT2D eigenvalue weighted by atomic mass is 19.1. The molecular formula is C14H18FN3O5. The third-order valence-electron chi connectivity index (χ3n) is 3.66. The summed E-state index contributed by atoms with van der Waals surface area (Å²) in [6.07, 6.45) is -5.51. The van der Waals surface area contributed by atoms with Gasteiger partial charge < -0.3 is 25.8 Å². The summed E-state index contributed by atoms with van der Waals surface area (Å²) in [6.45, 7) is 1.80. The number of hydrogen-bond donors (Lipinski definition) is 4. The van der Waals surface area contributed by atoms with Gasteiger partial charge in [0, 0.05) is 5.69 Å². The Labute approximate surface area is 131 Å². The molecule has 8 nitrogen and oxygen atoms in total. The summed E-state index contributed by atoms with van der Waals surface area (Å²) in [4.78, 5) is 15.7. The summed E-state index contributed by atoms with van der Waals surface area (Å²) < 4.78 is 18.8. The Morgan fingerprint density at radius 2 is 2.30 bits per heavy atom. The van der Waals surface area contributed by atoms with Gasteiger partial charge in [-0.2, -0.15) is 4.98 Å². The van der Waals surface area contributed by atoms with Gasteiger partial charge in [-0.3, -0.25) is 4.57 Å². The molecule has 1 saturated heterocycles. The highest BCUT2D eigenvalue weighted by Crippen LogP contribution is 2.39. The maximum atomic E-state index is 12.4. The minimum absolute atomic E-state index is 0.0206. The van der Waals surface area contributed by atoms with Crippen molar-refractivity contribution in [1.82, 2.24) is 9.55 Å². The van der Waals surface area contributed by atoms with Crippen LogP contribution in [0.2, 0.25) is 0 Å². The van der Waals surface area contributed by atoms with Crippen LogP contribution in [-0.4, -0.2) is 55.5 Å². The van der Waals surface area contributed by atoms with Crippen LogP contribution in [0, 0.1) is 18.8 Å². The lowest BCUT2D eigenvalue weighted by molar-refractivity contribution is -0.0891. The minimum Gasteiger partial charge on any atom is -0.391 e. The van der Waals surface area contributed by atoms with Crippen LogP contribution < -0.4 is 11.4 Å². The molecule has 0 spiro atoms. The van der Waals surface area contributed by atoms with E-state index in [0.717, 1.165) is 4.57 Å². The molecule has 2 rings (SSSR count). The van der Waals surface area contributed by atoms with Crippen LogP contribution in [-0.2, 0) is 4.74 Å². The van der Waals surface area contributed by atoms with Gasteiger partial charge in [-0.05, 0) is 19.9 Å². The van der Waals surface area contributed by atoms with Crippen molar-refractivity contribution in [2.45, 2.75) is 44.0 Å². The quantitative estimate of drug-likeness (QED) is 0.485. The number of hydrogen-bond acceptors (Lipinski definition) is 7. The van der Waals surface area contributed by atoms with Crippen LogP contribution in [0.3, 0.4) is 0 Å². The van der Waals surface area contributed by atoms with Crippen molar-refractivity contribution in [1.29, 1.82) is 0 Å². The average Bonchev–Trinajstić information content (AvgIpc) is 2.70. The largest absolute Gasteiger partial charge is 0.391 e. The summed E-state index contributed by atoms with van der Waals surface area (Å²) >= 11 is 0. The molecule has 1 aromatic rings. The van der Waals surface area contributed by atoms with E-state index in [4.69, 9.17) is 10.5 Å². The zero-order valence-electron chi connectivity index (χ0n) is 12.6. The highest BCUT2D eigenvalue weighted by Gasteiger charge is 2.57. The van der Waals surface area contributed by atoms with E-state index in [9.17, 15) is 24.5 Å². The van der Waals surface area contributed by atoms with Crippen molar-refractivity contribution in [3.05, 3.63) is 22.2 Å². The monoisotopic (exact) mass is 327 g/mol. The molecule has 2 heterocycles. The zero-order valence-corrected chi connectivity index (χ0v) is 12.6. The van der Waals surface area contributed by atoms with E-state index in [0.29, 0.717) is 5.69 Å². The average molecular weight is 327 g/mol. The van der Waals surface area contributed by atoms with E-state index >= 15 is 0 Å². The molecular weight excluding hydrogens is 309 g/mol. The van der Waals surface area contributed by atoms with Gasteiger partial charge in [0.15, 0.2) is 11.8 Å². The third-order valence-corrected chi connectivity index (χ3v) is 3.66. The Morgan fingerprint density at radius 1 is 1.65 bits per heavy atom. The zero-order chi connectivity index (χ0) is 17.4. The number of aromatic nitrogens is 2. The second kappa shape index (κ2) is 6.25. The van der Waals surface area contributed by atoms with E-state index in [1.807, 2.05) is 5.92 Å². The molecule has 1 aromatic heterocycles. The number of aryl methyl sites for hydroxylation is 1. The van der Waals surface area contributed by atoms with E-state index in [1.54, 1.807) is 0 Å². The highest BCUT2D eigenvalue weighted by molar-refractivity contribution is 5.30. The van der Waals surface area contributed by atoms with Gasteiger partial charge >= 0.3 is 5.69 Å². The molecule has 0 aromatic carbocycles. The molecule has 5 atom stereocenters. The van der Waals surface area contributed by atoms with E-state index in [1.165, 1.54) is 19.9 Å². The summed E-state index contributed by atoms with van der Waals surface area (Å²) in [5.74, 6) is 4.19. The first-order valence-corrected chi connectivity index (χ1v) is 6.88. The Bertz CT molecular complexity index is 711. The first-order chi connectivity index (χ1) is 10.7. The van der Waals surface area contributed by atoms with Gasteiger partial charge in [0.25, 0.3) is 0 Å². The molecule has 23 heavy (non-hydrogen) atoms. The van der Waals surface area contributed by atoms with Crippen LogP contribution >= 0.6 is 0 Å². The fraction of sp³-hybridized carbons (Fsp3) is 0.571. The SMILES string of the molecule is Cc1cc(N)nc(=O)n1[C@@H]1OC([C@@H](C)O)C(O)[C@]1(O)C#CCF. The number of nitrogens with zero attached hydrogens (tertiary/aromatic N) is 2. The van der Waals surface area contributed by atoms with Crippen LogP contribution in [0.15, 0.2) is 10.9 Å². The minimum atomic E-state index is -2.29. The number of aliphatic hydroxyl groups is 3. The van der Waals surface area contributed by atoms with Gasteiger partial charge in [0.05, 0.1) is 6.10 Å². The summed E-state index contributed by atoms with van der Waals surface area (Å²) in [7, 11) is 0. The molecule has 0 radical (unpaired) electrons. The summed E-state index contributed by atoms with van der Waals surface area (Å²) in [6, 6.07) is 1.37. The van der Waals surface area contributed by atoms with Gasteiger partial charge in [0.2, 0.25) is 0 Å². The van der Waals surface area contributed by atoms with Gasteiger partial charge in [-0.1, -0.05) is 11.8 Å². The number of rotatable bonds is 2. The number of alkyl halides is 1. The van der Waals surface area contributed by atoms with Crippen molar-refractivity contribution in [2.75, 3.05) is 12.4 Å². The first-order valence-electron chi connectivity index (χ1n) is 6.88. The fourth-order valence-electron chi connectivity index (χ4n) is 2.59. The number of anilines is 1. The molecule has 1 aliphatic rings. The van der Waals surface area contributed by atoms with Crippen molar-refractivity contribution in [3.63, 3.8) is 0 Å². The van der Waals surface area contributed by atoms with Crippen molar-refractivity contribution in [2.24, 2.45) is 0 Å². The molecule has 0 aliphatic carbocycles. The Kier molecular flexibility index (Phi) is 4.72. The summed E-state index contributed by atoms with van der Waals surface area (Å²) in [5, 5.41) is 30.6. The van der Waals surface area contributed by atoms with Crippen LogP contribution in [0.5, 0.6) is 0 Å². The van der Waals surface area contributed by atoms with E-state index in [2.05, 4.69) is 10.9 Å². The van der Waals surface area contributed by atoms with Crippen LogP contribution in [0.4, 0.5) is 10.2 Å². The molecule has 1 aliphatic heterocycles. The fourth-order valence-corrected chi connectivity index (χ4v) is 2.59. The molecule has 1 fully saturated rings. The van der Waals surface area contributed by atoms with Crippen molar-refractivity contribution < 1.29 is 24.4 Å². The van der Waals surface area contributed by atoms with Gasteiger partial charge in [-0.15, -0.1) is 0 Å². The molecule has 126 valence electrons. The predicted octanol–water partition coefficient (Wildman–Crippen LogP) is -1.52. The number of aliphatic hydroxyl groups excluding tert-OH is 2. The number of ether oxygens (including phenoxy) is 1. The normalized spacial score (nSPS) is 31.5. The molecule has 0 saturated carbocycles. The van der Waals surface area contributed by atoms with Gasteiger partial charge in [0.1, 0.15) is 24.7 Å². The van der Waals surface area contributed by atoms with E-state index < -0.39 is 42.5 Å². The second-order valence-corrected chi connectivity index (χ2v) is 5.37. The van der Waals surface area contributed by atoms with E-state index in [-0.39, 0.29) is 5.82 Å². The Balaban J connectivity index is 2.61. The molecule has 0 bridgehead atoms. The molecule has 2 unspecified atom stereocenters. The predicted molar refractivity (Wildman–Crippen MR) is 77.9 cm³/mol. The standard InChI is InChI=1S/C14H18FN3O5/c1-7-6-9(16)17-13(21)18(7)12-14(22,4-3-5-15)11(20)10(23-12)8(2)19/h6,8,10-12,19-20,22H,5H2,1-2H3,(H2,16,17,21)/t8-,10?,11?,12-,14-/m1/s1. The van der Waals surface area contributed by atoms with Crippen molar-refractivity contribution >= 4 is 5.82 Å². The maximum absolute atomic E-state index is 12.4.